The summed E-state index contributed by atoms with van der Waals surface area (Å²) in [5.41, 5.74) is 0.0148. The molecule has 0 spiro atoms. The Morgan fingerprint density at radius 3 is 2.50 bits per heavy atom. The lowest BCUT2D eigenvalue weighted by Gasteiger charge is -2.38. The highest BCUT2D eigenvalue weighted by Crippen LogP contribution is 2.40. The van der Waals surface area contributed by atoms with Crippen LogP contribution in [0.5, 0.6) is 0 Å². The summed E-state index contributed by atoms with van der Waals surface area (Å²) in [4.78, 5) is 2.33. The number of unbranched alkanes of at least 4 members (excludes halogenated alkanes) is 2. The monoisotopic (exact) mass is 194 g/mol. The number of hydrogen-bond donors (Lipinski definition) is 0. The fraction of sp³-hybridized carbons (Fsp3) is 0.917. The van der Waals surface area contributed by atoms with Crippen molar-refractivity contribution in [3.05, 3.63) is 0 Å². The molecule has 1 aliphatic carbocycles. The molecule has 0 heterocycles. The van der Waals surface area contributed by atoms with Crippen molar-refractivity contribution in [2.75, 3.05) is 20.1 Å². The first-order valence-corrected chi connectivity index (χ1v) is 5.82. The molecule has 0 bridgehead atoms. The predicted molar refractivity (Wildman–Crippen MR) is 58.9 cm³/mol. The minimum atomic E-state index is 0.0148. The first-order valence-electron chi connectivity index (χ1n) is 5.82. The van der Waals surface area contributed by atoms with Gasteiger partial charge in [0.2, 0.25) is 0 Å². The maximum Gasteiger partial charge on any atom is 0.0703 e. The van der Waals surface area contributed by atoms with Crippen molar-refractivity contribution in [3.63, 3.8) is 0 Å². The second-order valence-electron chi connectivity index (χ2n) is 4.69. The summed E-state index contributed by atoms with van der Waals surface area (Å²) in [5.74, 6) is 0. The predicted octanol–water partition coefficient (Wildman–Crippen LogP) is 2.80. The summed E-state index contributed by atoms with van der Waals surface area (Å²) in [6.45, 7) is 4.35. The highest BCUT2D eigenvalue weighted by molar-refractivity contribution is 5.05. The van der Waals surface area contributed by atoms with E-state index in [1.165, 1.54) is 25.7 Å². The van der Waals surface area contributed by atoms with Crippen molar-refractivity contribution in [1.82, 2.24) is 4.90 Å². The standard InChI is InChI=1S/C12H22N2/c1-3-4-5-9-14(2)11-12(10-13)7-6-8-12/h3-9,11H2,1-2H3. The third-order valence-electron chi connectivity index (χ3n) is 3.26. The van der Waals surface area contributed by atoms with Gasteiger partial charge in [-0.15, -0.1) is 0 Å². The topological polar surface area (TPSA) is 27.0 Å². The van der Waals surface area contributed by atoms with Gasteiger partial charge in [-0.2, -0.15) is 5.26 Å². The molecule has 1 aliphatic rings. The van der Waals surface area contributed by atoms with Crippen LogP contribution in [0.2, 0.25) is 0 Å². The van der Waals surface area contributed by atoms with Crippen LogP contribution in [0.1, 0.15) is 45.4 Å². The van der Waals surface area contributed by atoms with Crippen molar-refractivity contribution in [3.8, 4) is 6.07 Å². The molecule has 1 saturated carbocycles. The smallest absolute Gasteiger partial charge is 0.0703 e. The second kappa shape index (κ2) is 5.36. The summed E-state index contributed by atoms with van der Waals surface area (Å²) in [6.07, 6.45) is 7.33. The summed E-state index contributed by atoms with van der Waals surface area (Å²) < 4.78 is 0. The summed E-state index contributed by atoms with van der Waals surface area (Å²) in [5, 5.41) is 9.08. The van der Waals surface area contributed by atoms with Crippen molar-refractivity contribution >= 4 is 0 Å². The van der Waals surface area contributed by atoms with Crippen LogP contribution in [0, 0.1) is 16.7 Å². The zero-order valence-corrected chi connectivity index (χ0v) is 9.55. The van der Waals surface area contributed by atoms with Gasteiger partial charge >= 0.3 is 0 Å². The lowest BCUT2D eigenvalue weighted by atomic mass is 9.69. The van der Waals surface area contributed by atoms with Gasteiger partial charge in [-0.05, 0) is 32.9 Å². The molecule has 80 valence electrons. The highest BCUT2D eigenvalue weighted by Gasteiger charge is 2.37. The van der Waals surface area contributed by atoms with E-state index in [9.17, 15) is 0 Å². The minimum Gasteiger partial charge on any atom is -0.305 e. The molecule has 0 N–H and O–H groups in total. The fourth-order valence-corrected chi connectivity index (χ4v) is 2.14. The molecular weight excluding hydrogens is 172 g/mol. The molecule has 0 aliphatic heterocycles. The van der Waals surface area contributed by atoms with Crippen molar-refractivity contribution in [2.45, 2.75) is 45.4 Å². The van der Waals surface area contributed by atoms with Crippen molar-refractivity contribution in [2.24, 2.45) is 5.41 Å². The van der Waals surface area contributed by atoms with E-state index in [1.807, 2.05) is 0 Å². The molecule has 14 heavy (non-hydrogen) atoms. The lowest BCUT2D eigenvalue weighted by molar-refractivity contribution is 0.137. The van der Waals surface area contributed by atoms with Crippen LogP contribution in [0.25, 0.3) is 0 Å². The molecule has 0 saturated heterocycles. The van der Waals surface area contributed by atoms with Gasteiger partial charge in [-0.3, -0.25) is 0 Å². The normalized spacial score (nSPS) is 19.0. The molecule has 0 amide bonds. The second-order valence-corrected chi connectivity index (χ2v) is 4.69. The number of nitriles is 1. The summed E-state index contributed by atoms with van der Waals surface area (Å²) in [7, 11) is 2.15. The van der Waals surface area contributed by atoms with Crippen LogP contribution < -0.4 is 0 Å². The molecular formula is C12H22N2. The SMILES string of the molecule is CCCCCN(C)CC1(C#N)CCC1. The van der Waals surface area contributed by atoms with E-state index in [0.717, 1.165) is 25.9 Å². The third kappa shape index (κ3) is 2.99. The molecule has 0 aromatic carbocycles. The molecule has 0 unspecified atom stereocenters. The average Bonchev–Trinajstić information content (AvgIpc) is 2.12. The van der Waals surface area contributed by atoms with Crippen LogP contribution in [-0.4, -0.2) is 25.0 Å². The van der Waals surface area contributed by atoms with Gasteiger partial charge in [-0.25, -0.2) is 0 Å². The largest absolute Gasteiger partial charge is 0.305 e. The molecule has 0 aromatic rings. The maximum atomic E-state index is 9.08. The Morgan fingerprint density at radius 2 is 2.07 bits per heavy atom. The van der Waals surface area contributed by atoms with Gasteiger partial charge in [-0.1, -0.05) is 26.2 Å². The lowest BCUT2D eigenvalue weighted by Crippen LogP contribution is -2.40. The van der Waals surface area contributed by atoms with Crippen molar-refractivity contribution in [1.29, 1.82) is 5.26 Å². The molecule has 1 fully saturated rings. The highest BCUT2D eigenvalue weighted by atomic mass is 15.1. The van der Waals surface area contributed by atoms with E-state index in [1.54, 1.807) is 0 Å². The zero-order valence-electron chi connectivity index (χ0n) is 9.55. The van der Waals surface area contributed by atoms with E-state index in [-0.39, 0.29) is 5.41 Å². The Kier molecular flexibility index (Phi) is 4.41. The van der Waals surface area contributed by atoms with Gasteiger partial charge in [0.25, 0.3) is 0 Å². The Labute approximate surface area is 87.9 Å². The van der Waals surface area contributed by atoms with Crippen molar-refractivity contribution < 1.29 is 0 Å². The van der Waals surface area contributed by atoms with Gasteiger partial charge in [0.05, 0.1) is 11.5 Å². The average molecular weight is 194 g/mol. The van der Waals surface area contributed by atoms with Crippen LogP contribution in [0.3, 0.4) is 0 Å². The molecule has 1 rings (SSSR count). The van der Waals surface area contributed by atoms with Crippen LogP contribution in [0.4, 0.5) is 0 Å². The number of rotatable bonds is 6. The maximum absolute atomic E-state index is 9.08. The molecule has 0 radical (unpaired) electrons. The van der Waals surface area contributed by atoms with Gasteiger partial charge < -0.3 is 4.90 Å². The van der Waals surface area contributed by atoms with Crippen LogP contribution in [-0.2, 0) is 0 Å². The Morgan fingerprint density at radius 1 is 1.36 bits per heavy atom. The summed E-state index contributed by atoms with van der Waals surface area (Å²) in [6, 6.07) is 2.49. The van der Waals surface area contributed by atoms with E-state index in [4.69, 9.17) is 5.26 Å². The minimum absolute atomic E-state index is 0.0148. The molecule has 2 nitrogen and oxygen atoms in total. The quantitative estimate of drug-likeness (QED) is 0.608. The van der Waals surface area contributed by atoms with E-state index in [0.29, 0.717) is 0 Å². The van der Waals surface area contributed by atoms with Crippen LogP contribution in [0.15, 0.2) is 0 Å². The third-order valence-corrected chi connectivity index (χ3v) is 3.26. The Hall–Kier alpha value is -0.550. The van der Waals surface area contributed by atoms with Gasteiger partial charge in [0, 0.05) is 6.54 Å². The summed E-state index contributed by atoms with van der Waals surface area (Å²) >= 11 is 0. The fourth-order valence-electron chi connectivity index (χ4n) is 2.14. The molecule has 0 atom stereocenters. The van der Waals surface area contributed by atoms with Gasteiger partial charge in [0.15, 0.2) is 0 Å². The molecule has 0 aromatic heterocycles. The van der Waals surface area contributed by atoms with E-state index >= 15 is 0 Å². The number of nitrogens with zero attached hydrogens (tertiary/aromatic N) is 2. The number of hydrogen-bond acceptors (Lipinski definition) is 2. The first-order chi connectivity index (χ1) is 6.72. The zero-order chi connectivity index (χ0) is 10.4. The first kappa shape index (κ1) is 11.5. The van der Waals surface area contributed by atoms with E-state index < -0.39 is 0 Å². The Balaban J connectivity index is 2.19. The Bertz CT molecular complexity index is 201. The van der Waals surface area contributed by atoms with Gasteiger partial charge in [0.1, 0.15) is 0 Å². The molecule has 2 heteroatoms. The van der Waals surface area contributed by atoms with E-state index in [2.05, 4.69) is 24.9 Å². The van der Waals surface area contributed by atoms with Crippen LogP contribution >= 0.6 is 0 Å².